The number of benzene rings is 2. The average Bonchev–Trinajstić information content (AvgIpc) is 2.79. The summed E-state index contributed by atoms with van der Waals surface area (Å²) in [6.07, 6.45) is 1.59. The largest absolute Gasteiger partial charge is 0.484 e. The van der Waals surface area contributed by atoms with Gasteiger partial charge < -0.3 is 14.4 Å². The number of aryl methyl sites for hydroxylation is 1. The maximum atomic E-state index is 12.8. The molecule has 4 rings (SSSR count). The molecule has 3 aromatic rings. The van der Waals surface area contributed by atoms with Crippen LogP contribution >= 0.6 is 15.9 Å². The first-order valence-corrected chi connectivity index (χ1v) is 10.6. The molecule has 0 spiro atoms. The number of fused-ring (bicyclic) bond motifs is 1. The highest BCUT2D eigenvalue weighted by atomic mass is 79.9. The summed E-state index contributed by atoms with van der Waals surface area (Å²) in [7, 11) is 0. The van der Waals surface area contributed by atoms with Crippen molar-refractivity contribution in [1.82, 2.24) is 14.6 Å². The summed E-state index contributed by atoms with van der Waals surface area (Å²) < 4.78 is 12.9. The summed E-state index contributed by atoms with van der Waals surface area (Å²) in [5.41, 5.74) is 1.18. The van der Waals surface area contributed by atoms with E-state index in [9.17, 15) is 9.59 Å². The van der Waals surface area contributed by atoms with Crippen molar-refractivity contribution in [3.05, 3.63) is 68.7 Å². The number of rotatable bonds is 5. The van der Waals surface area contributed by atoms with Gasteiger partial charge in [-0.3, -0.25) is 9.59 Å². The molecule has 1 fully saturated rings. The third-order valence-corrected chi connectivity index (χ3v) is 5.39. The number of ether oxygens (including phenoxy) is 2. The maximum Gasteiger partial charge on any atom is 0.282 e. The van der Waals surface area contributed by atoms with Crippen LogP contribution in [0.2, 0.25) is 0 Å². The van der Waals surface area contributed by atoms with E-state index >= 15 is 0 Å². The molecule has 8 nitrogen and oxygen atoms in total. The molecule has 1 aliphatic heterocycles. The van der Waals surface area contributed by atoms with E-state index in [0.29, 0.717) is 48.8 Å². The van der Waals surface area contributed by atoms with Gasteiger partial charge in [-0.2, -0.15) is 9.78 Å². The Morgan fingerprint density at radius 1 is 1.23 bits per heavy atom. The van der Waals surface area contributed by atoms with Crippen molar-refractivity contribution in [2.45, 2.75) is 6.92 Å². The topological polar surface area (TPSA) is 86.0 Å². The minimum Gasteiger partial charge on any atom is -0.484 e. The number of hydrogen-bond donors (Lipinski definition) is 0. The van der Waals surface area contributed by atoms with Gasteiger partial charge in [-0.1, -0.05) is 15.9 Å². The Labute approximate surface area is 187 Å². The number of amides is 1. The zero-order chi connectivity index (χ0) is 21.8. The van der Waals surface area contributed by atoms with Crippen molar-refractivity contribution >= 4 is 39.0 Å². The Bertz CT molecular complexity index is 1180. The monoisotopic (exact) mass is 484 g/mol. The first-order chi connectivity index (χ1) is 15.0. The fourth-order valence-corrected chi connectivity index (χ4v) is 3.58. The number of aromatic nitrogens is 2. The molecule has 0 saturated carbocycles. The van der Waals surface area contributed by atoms with E-state index < -0.39 is 0 Å². The average molecular weight is 485 g/mol. The second-order valence-corrected chi connectivity index (χ2v) is 7.95. The number of morpholine rings is 1. The molecule has 31 heavy (non-hydrogen) atoms. The highest BCUT2D eigenvalue weighted by Gasteiger charge is 2.17. The molecule has 0 bridgehead atoms. The van der Waals surface area contributed by atoms with Gasteiger partial charge in [0.1, 0.15) is 11.6 Å². The predicted octanol–water partition coefficient (Wildman–Crippen LogP) is 2.59. The van der Waals surface area contributed by atoms with E-state index in [2.05, 4.69) is 26.0 Å². The van der Waals surface area contributed by atoms with Gasteiger partial charge in [0.15, 0.2) is 6.61 Å². The van der Waals surface area contributed by atoms with Crippen molar-refractivity contribution < 1.29 is 14.3 Å². The van der Waals surface area contributed by atoms with Gasteiger partial charge in [0, 0.05) is 17.6 Å². The van der Waals surface area contributed by atoms with Gasteiger partial charge in [-0.25, -0.2) is 4.98 Å². The third-order valence-electron chi connectivity index (χ3n) is 4.90. The van der Waals surface area contributed by atoms with Gasteiger partial charge >= 0.3 is 0 Å². The SMILES string of the molecule is Cc1nc2ccc(Br)cc2c(=O)n1N=Cc1ccc(OCC(=O)N2CCOCC2)cc1. The van der Waals surface area contributed by atoms with E-state index in [0.717, 1.165) is 10.0 Å². The number of hydrogen-bond acceptors (Lipinski definition) is 6. The third kappa shape index (κ3) is 5.00. The molecule has 9 heteroatoms. The van der Waals surface area contributed by atoms with Gasteiger partial charge in [-0.05, 0) is 55.0 Å². The first-order valence-electron chi connectivity index (χ1n) is 9.83. The summed E-state index contributed by atoms with van der Waals surface area (Å²) in [6, 6.07) is 12.5. The summed E-state index contributed by atoms with van der Waals surface area (Å²) in [5, 5.41) is 4.80. The van der Waals surface area contributed by atoms with Crippen LogP contribution in [0, 0.1) is 6.92 Å². The van der Waals surface area contributed by atoms with Crippen LogP contribution in [0.1, 0.15) is 11.4 Å². The molecule has 1 saturated heterocycles. The second-order valence-electron chi connectivity index (χ2n) is 7.03. The Morgan fingerprint density at radius 3 is 2.71 bits per heavy atom. The molecule has 2 aromatic carbocycles. The van der Waals surface area contributed by atoms with Crippen molar-refractivity contribution in [1.29, 1.82) is 0 Å². The molecule has 160 valence electrons. The van der Waals surface area contributed by atoms with Crippen LogP contribution in [0.5, 0.6) is 5.75 Å². The molecule has 1 aromatic heterocycles. The zero-order valence-electron chi connectivity index (χ0n) is 17.0. The van der Waals surface area contributed by atoms with Crippen LogP contribution in [0.25, 0.3) is 10.9 Å². The van der Waals surface area contributed by atoms with Gasteiger partial charge in [-0.15, -0.1) is 0 Å². The lowest BCUT2D eigenvalue weighted by atomic mass is 10.2. The molecule has 0 unspecified atom stereocenters. The Balaban J connectivity index is 1.44. The fourth-order valence-electron chi connectivity index (χ4n) is 3.22. The smallest absolute Gasteiger partial charge is 0.282 e. The molecule has 0 N–H and O–H groups in total. The first kappa shape index (κ1) is 21.2. The standard InChI is InChI=1S/C22H21BrN4O4/c1-15-25-20-7-4-17(23)12-19(20)22(29)27(15)24-13-16-2-5-18(6-3-16)31-14-21(28)26-8-10-30-11-9-26/h2-7,12-13H,8-11,14H2,1H3. The second kappa shape index (κ2) is 9.40. The molecule has 1 amide bonds. The fraction of sp³-hybridized carbons (Fsp3) is 0.273. The van der Waals surface area contributed by atoms with E-state index in [4.69, 9.17) is 9.47 Å². The van der Waals surface area contributed by atoms with Crippen LogP contribution in [0.4, 0.5) is 0 Å². The molecule has 0 radical (unpaired) electrons. The zero-order valence-corrected chi connectivity index (χ0v) is 18.5. The van der Waals surface area contributed by atoms with Crippen molar-refractivity contribution in [3.8, 4) is 5.75 Å². The van der Waals surface area contributed by atoms with Crippen LogP contribution in [-0.4, -0.2) is 59.6 Å². The van der Waals surface area contributed by atoms with Crippen LogP contribution in [0.3, 0.4) is 0 Å². The number of carbonyl (C=O) groups excluding carboxylic acids is 1. The van der Waals surface area contributed by atoms with E-state index in [-0.39, 0.29) is 18.1 Å². The molecule has 0 atom stereocenters. The van der Waals surface area contributed by atoms with Crippen molar-refractivity contribution in [2.75, 3.05) is 32.9 Å². The van der Waals surface area contributed by atoms with Crippen LogP contribution in [-0.2, 0) is 9.53 Å². The molecule has 1 aliphatic rings. The lowest BCUT2D eigenvalue weighted by Crippen LogP contribution is -2.42. The molecular formula is C22H21BrN4O4. The predicted molar refractivity (Wildman–Crippen MR) is 121 cm³/mol. The Morgan fingerprint density at radius 2 is 1.97 bits per heavy atom. The summed E-state index contributed by atoms with van der Waals surface area (Å²) in [5.74, 6) is 1.03. The number of nitrogens with zero attached hydrogens (tertiary/aromatic N) is 4. The molecule has 0 aliphatic carbocycles. The van der Waals surface area contributed by atoms with Crippen molar-refractivity contribution in [3.63, 3.8) is 0 Å². The minimum atomic E-state index is -0.235. The van der Waals surface area contributed by atoms with Gasteiger partial charge in [0.25, 0.3) is 11.5 Å². The van der Waals surface area contributed by atoms with E-state index in [1.807, 2.05) is 18.2 Å². The Kier molecular flexibility index (Phi) is 6.43. The molecule has 2 heterocycles. The van der Waals surface area contributed by atoms with Crippen LogP contribution < -0.4 is 10.3 Å². The minimum absolute atomic E-state index is 0.0135. The number of halogens is 1. The normalized spacial score (nSPS) is 14.3. The lowest BCUT2D eigenvalue weighted by molar-refractivity contribution is -0.137. The summed E-state index contributed by atoms with van der Waals surface area (Å²) in [6.45, 7) is 4.04. The van der Waals surface area contributed by atoms with Crippen molar-refractivity contribution in [2.24, 2.45) is 5.10 Å². The summed E-state index contributed by atoms with van der Waals surface area (Å²) in [4.78, 5) is 31.1. The van der Waals surface area contributed by atoms with Crippen LogP contribution in [0.15, 0.2) is 56.8 Å². The van der Waals surface area contributed by atoms with Gasteiger partial charge in [0.2, 0.25) is 0 Å². The number of carbonyl (C=O) groups is 1. The maximum absolute atomic E-state index is 12.8. The van der Waals surface area contributed by atoms with E-state index in [1.54, 1.807) is 42.3 Å². The lowest BCUT2D eigenvalue weighted by Gasteiger charge is -2.26. The summed E-state index contributed by atoms with van der Waals surface area (Å²) >= 11 is 3.38. The van der Waals surface area contributed by atoms with E-state index in [1.165, 1.54) is 4.68 Å². The highest BCUT2D eigenvalue weighted by molar-refractivity contribution is 9.10. The highest BCUT2D eigenvalue weighted by Crippen LogP contribution is 2.16. The Hall–Kier alpha value is -3.04. The quantitative estimate of drug-likeness (QED) is 0.519. The van der Waals surface area contributed by atoms with Gasteiger partial charge in [0.05, 0.1) is 30.3 Å². The molecular weight excluding hydrogens is 464 g/mol.